The molecule has 0 saturated carbocycles. The number of alkyl halides is 1. The summed E-state index contributed by atoms with van der Waals surface area (Å²) in [6.07, 6.45) is 4.77. The molecule has 0 aliphatic heterocycles. The van der Waals surface area contributed by atoms with Crippen molar-refractivity contribution in [1.82, 2.24) is 0 Å². The Labute approximate surface area is 106 Å². The first-order chi connectivity index (χ1) is 7.27. The number of aryl methyl sites for hydroxylation is 1. The van der Waals surface area contributed by atoms with Gasteiger partial charge in [0.1, 0.15) is 0 Å². The van der Waals surface area contributed by atoms with E-state index in [9.17, 15) is 0 Å². The van der Waals surface area contributed by atoms with Crippen molar-refractivity contribution in [1.29, 1.82) is 0 Å². The molecular formula is C13H19BrS. The Hall–Kier alpha value is 0.0500. The molecule has 1 unspecified atom stereocenters. The largest absolute Gasteiger partial charge is 0.165 e. The Balaban J connectivity index is 2.57. The fourth-order valence-corrected chi connectivity index (χ4v) is 2.88. The molecule has 1 aromatic rings. The van der Waals surface area contributed by atoms with Crippen LogP contribution in [0.25, 0.3) is 0 Å². The summed E-state index contributed by atoms with van der Waals surface area (Å²) >= 11 is 5.56. The molecule has 0 N–H and O–H groups in total. The molecule has 0 bridgehead atoms. The molecule has 1 aromatic carbocycles. The Morgan fingerprint density at radius 2 is 2.20 bits per heavy atom. The zero-order chi connectivity index (χ0) is 11.1. The van der Waals surface area contributed by atoms with Crippen LogP contribution in [0, 0.1) is 6.92 Å². The SMILES string of the molecule is CSCCCC(CBr)c1cccc(C)c1. The Kier molecular flexibility index (Phi) is 6.42. The number of hydrogen-bond donors (Lipinski definition) is 0. The average Bonchev–Trinajstić information content (AvgIpc) is 2.24. The van der Waals surface area contributed by atoms with Crippen molar-refractivity contribution in [3.05, 3.63) is 35.4 Å². The standard InChI is InChI=1S/C13H19BrS/c1-11-5-3-6-12(9-11)13(10-14)7-4-8-15-2/h3,5-6,9,13H,4,7-8,10H2,1-2H3. The van der Waals surface area contributed by atoms with Crippen LogP contribution < -0.4 is 0 Å². The summed E-state index contributed by atoms with van der Waals surface area (Å²) in [5, 5.41) is 1.07. The fraction of sp³-hybridized carbons (Fsp3) is 0.538. The van der Waals surface area contributed by atoms with E-state index < -0.39 is 0 Å². The molecule has 0 aliphatic rings. The smallest absolute Gasteiger partial charge is 0.0100 e. The molecule has 0 aliphatic carbocycles. The van der Waals surface area contributed by atoms with Gasteiger partial charge in [0, 0.05) is 5.33 Å². The first-order valence-corrected chi connectivity index (χ1v) is 7.91. The maximum Gasteiger partial charge on any atom is 0.0100 e. The summed E-state index contributed by atoms with van der Waals surface area (Å²) in [7, 11) is 0. The van der Waals surface area contributed by atoms with Crippen LogP contribution in [-0.2, 0) is 0 Å². The van der Waals surface area contributed by atoms with Gasteiger partial charge >= 0.3 is 0 Å². The van der Waals surface area contributed by atoms with Crippen LogP contribution in [0.1, 0.15) is 29.9 Å². The van der Waals surface area contributed by atoms with E-state index in [4.69, 9.17) is 0 Å². The second-order valence-corrected chi connectivity index (χ2v) is 5.53. The molecular weight excluding hydrogens is 268 g/mol. The lowest BCUT2D eigenvalue weighted by Crippen LogP contribution is -2.01. The molecule has 0 aromatic heterocycles. The predicted molar refractivity (Wildman–Crippen MR) is 75.3 cm³/mol. The molecule has 0 heterocycles. The van der Waals surface area contributed by atoms with Gasteiger partial charge in [-0.15, -0.1) is 0 Å². The van der Waals surface area contributed by atoms with Gasteiger partial charge in [0.2, 0.25) is 0 Å². The molecule has 15 heavy (non-hydrogen) atoms. The minimum Gasteiger partial charge on any atom is -0.165 e. The number of halogens is 1. The highest BCUT2D eigenvalue weighted by molar-refractivity contribution is 9.09. The van der Waals surface area contributed by atoms with Crippen LogP contribution in [0.3, 0.4) is 0 Å². The lowest BCUT2D eigenvalue weighted by molar-refractivity contribution is 0.680. The quantitative estimate of drug-likeness (QED) is 0.543. The van der Waals surface area contributed by atoms with Gasteiger partial charge in [-0.1, -0.05) is 45.8 Å². The summed E-state index contributed by atoms with van der Waals surface area (Å²) < 4.78 is 0. The molecule has 0 fully saturated rings. The van der Waals surface area contributed by atoms with E-state index >= 15 is 0 Å². The van der Waals surface area contributed by atoms with Crippen molar-refractivity contribution < 1.29 is 0 Å². The lowest BCUT2D eigenvalue weighted by Gasteiger charge is -2.14. The normalized spacial score (nSPS) is 12.7. The zero-order valence-corrected chi connectivity index (χ0v) is 11.9. The molecule has 0 spiro atoms. The highest BCUT2D eigenvalue weighted by atomic mass is 79.9. The predicted octanol–water partition coefficient (Wildman–Crippen LogP) is 4.62. The molecule has 0 saturated heterocycles. The van der Waals surface area contributed by atoms with Crippen molar-refractivity contribution >= 4 is 27.7 Å². The van der Waals surface area contributed by atoms with Crippen molar-refractivity contribution in [3.8, 4) is 0 Å². The Bertz CT molecular complexity index is 286. The highest BCUT2D eigenvalue weighted by Crippen LogP contribution is 2.24. The van der Waals surface area contributed by atoms with Crippen molar-refractivity contribution in [2.75, 3.05) is 17.3 Å². The van der Waals surface area contributed by atoms with Crippen LogP contribution in [0.4, 0.5) is 0 Å². The second-order valence-electron chi connectivity index (χ2n) is 3.90. The molecule has 0 amide bonds. The Morgan fingerprint density at radius 1 is 1.40 bits per heavy atom. The fourth-order valence-electron chi connectivity index (χ4n) is 1.73. The van der Waals surface area contributed by atoms with Crippen molar-refractivity contribution in [2.24, 2.45) is 0 Å². The van der Waals surface area contributed by atoms with Gasteiger partial charge in [0.25, 0.3) is 0 Å². The zero-order valence-electron chi connectivity index (χ0n) is 9.50. The topological polar surface area (TPSA) is 0 Å². The maximum atomic E-state index is 3.62. The van der Waals surface area contributed by atoms with Crippen LogP contribution in [0.15, 0.2) is 24.3 Å². The number of rotatable bonds is 6. The third-order valence-corrected chi connectivity index (χ3v) is 4.08. The second kappa shape index (κ2) is 7.34. The van der Waals surface area contributed by atoms with E-state index in [2.05, 4.69) is 53.4 Å². The molecule has 84 valence electrons. The van der Waals surface area contributed by atoms with Gasteiger partial charge in [-0.25, -0.2) is 0 Å². The highest BCUT2D eigenvalue weighted by Gasteiger charge is 2.09. The average molecular weight is 287 g/mol. The Morgan fingerprint density at radius 3 is 2.80 bits per heavy atom. The molecule has 2 heteroatoms. The molecule has 1 rings (SSSR count). The monoisotopic (exact) mass is 286 g/mol. The third-order valence-electron chi connectivity index (χ3n) is 2.60. The van der Waals surface area contributed by atoms with Gasteiger partial charge in [-0.3, -0.25) is 0 Å². The molecule has 0 radical (unpaired) electrons. The summed E-state index contributed by atoms with van der Waals surface area (Å²) in [4.78, 5) is 0. The molecule has 1 atom stereocenters. The first-order valence-electron chi connectivity index (χ1n) is 5.39. The van der Waals surface area contributed by atoms with Gasteiger partial charge in [-0.05, 0) is 43.3 Å². The summed E-state index contributed by atoms with van der Waals surface area (Å²) in [6, 6.07) is 8.88. The lowest BCUT2D eigenvalue weighted by atomic mass is 9.95. The van der Waals surface area contributed by atoms with Crippen molar-refractivity contribution in [2.45, 2.75) is 25.7 Å². The minimum atomic E-state index is 0.678. The minimum absolute atomic E-state index is 0.678. The molecule has 0 nitrogen and oxygen atoms in total. The number of benzene rings is 1. The first kappa shape index (κ1) is 13.1. The van der Waals surface area contributed by atoms with E-state index in [1.54, 1.807) is 0 Å². The van der Waals surface area contributed by atoms with Gasteiger partial charge < -0.3 is 0 Å². The number of hydrogen-bond acceptors (Lipinski definition) is 1. The van der Waals surface area contributed by atoms with E-state index in [0.29, 0.717) is 5.92 Å². The number of thioether (sulfide) groups is 1. The van der Waals surface area contributed by atoms with Crippen LogP contribution in [0.5, 0.6) is 0 Å². The van der Waals surface area contributed by atoms with Crippen LogP contribution in [-0.4, -0.2) is 17.3 Å². The van der Waals surface area contributed by atoms with Gasteiger partial charge in [0.15, 0.2) is 0 Å². The summed E-state index contributed by atoms with van der Waals surface area (Å²) in [6.45, 7) is 2.16. The third kappa shape index (κ3) is 4.60. The summed E-state index contributed by atoms with van der Waals surface area (Å²) in [5.41, 5.74) is 2.84. The van der Waals surface area contributed by atoms with Crippen LogP contribution >= 0.6 is 27.7 Å². The van der Waals surface area contributed by atoms with Crippen LogP contribution in [0.2, 0.25) is 0 Å². The van der Waals surface area contributed by atoms with Gasteiger partial charge in [-0.2, -0.15) is 11.8 Å². The van der Waals surface area contributed by atoms with E-state index in [0.717, 1.165) is 5.33 Å². The van der Waals surface area contributed by atoms with E-state index in [-0.39, 0.29) is 0 Å². The van der Waals surface area contributed by atoms with E-state index in [1.807, 2.05) is 11.8 Å². The maximum absolute atomic E-state index is 3.62. The van der Waals surface area contributed by atoms with Gasteiger partial charge in [0.05, 0.1) is 0 Å². The van der Waals surface area contributed by atoms with Crippen molar-refractivity contribution in [3.63, 3.8) is 0 Å². The summed E-state index contributed by atoms with van der Waals surface area (Å²) in [5.74, 6) is 1.95. The van der Waals surface area contributed by atoms with E-state index in [1.165, 1.54) is 29.7 Å².